The molecule has 1 fully saturated rings. The molecule has 2 N–H and O–H groups in total. The molecule has 1 unspecified atom stereocenters. The highest BCUT2D eigenvalue weighted by molar-refractivity contribution is 7.99. The van der Waals surface area contributed by atoms with Gasteiger partial charge in [-0.15, -0.1) is 0 Å². The number of hydrogen-bond donors (Lipinski definition) is 2. The average Bonchev–Trinajstić information content (AvgIpc) is 2.80. The van der Waals surface area contributed by atoms with E-state index in [0.29, 0.717) is 12.6 Å². The van der Waals surface area contributed by atoms with Gasteiger partial charge in [0.2, 0.25) is 0 Å². The van der Waals surface area contributed by atoms with E-state index in [4.69, 9.17) is 0 Å². The Bertz CT molecular complexity index is 307. The third-order valence-electron chi connectivity index (χ3n) is 3.20. The second-order valence-electron chi connectivity index (χ2n) is 4.50. The maximum absolute atomic E-state index is 10.3. The molecule has 1 aromatic heterocycles. The van der Waals surface area contributed by atoms with Crippen LogP contribution in [-0.2, 0) is 0 Å². The largest absolute Gasteiger partial charge is 0.389 e. The van der Waals surface area contributed by atoms with E-state index in [2.05, 4.69) is 29.1 Å². The number of thioether (sulfide) groups is 1. The van der Waals surface area contributed by atoms with Gasteiger partial charge < -0.3 is 10.4 Å². The number of thiophene rings is 1. The molecule has 0 spiro atoms. The molecule has 16 heavy (non-hydrogen) atoms. The summed E-state index contributed by atoms with van der Waals surface area (Å²) in [6, 6.07) is 2.48. The van der Waals surface area contributed by atoms with Crippen molar-refractivity contribution >= 4 is 23.1 Å². The van der Waals surface area contributed by atoms with Crippen LogP contribution >= 0.6 is 23.1 Å². The minimum Gasteiger partial charge on any atom is -0.389 e. The highest BCUT2D eigenvalue weighted by atomic mass is 32.2. The first-order chi connectivity index (χ1) is 7.70. The maximum Gasteiger partial charge on any atom is 0.0787 e. The summed E-state index contributed by atoms with van der Waals surface area (Å²) >= 11 is 3.67. The van der Waals surface area contributed by atoms with Gasteiger partial charge in [-0.05, 0) is 53.7 Å². The molecule has 0 saturated carbocycles. The number of rotatable bonds is 4. The molecule has 1 saturated heterocycles. The molecule has 4 heteroatoms. The molecule has 0 aliphatic carbocycles. The van der Waals surface area contributed by atoms with Crippen LogP contribution in [0.15, 0.2) is 16.8 Å². The summed E-state index contributed by atoms with van der Waals surface area (Å²) in [5.74, 6) is 2.18. The number of nitrogens with one attached hydrogen (secondary N) is 1. The van der Waals surface area contributed by atoms with Gasteiger partial charge in [0, 0.05) is 12.6 Å². The molecule has 0 amide bonds. The fourth-order valence-electron chi connectivity index (χ4n) is 1.91. The van der Waals surface area contributed by atoms with E-state index >= 15 is 0 Å². The lowest BCUT2D eigenvalue weighted by atomic mass is 9.96. The lowest BCUT2D eigenvalue weighted by molar-refractivity contribution is 0.0300. The zero-order valence-corrected chi connectivity index (χ0v) is 11.2. The zero-order valence-electron chi connectivity index (χ0n) is 9.61. The standard InChI is InChI=1S/C12H19NOS2/c1-10(11-2-5-16-8-11)13-9-12(14)3-6-15-7-4-12/h2,5,8,10,13-14H,3-4,6-7,9H2,1H3. The van der Waals surface area contributed by atoms with Gasteiger partial charge in [0.05, 0.1) is 5.60 Å². The predicted octanol–water partition coefficient (Wildman–Crippen LogP) is 2.66. The van der Waals surface area contributed by atoms with Crippen molar-refractivity contribution in [1.82, 2.24) is 5.32 Å². The number of aliphatic hydroxyl groups is 1. The lowest BCUT2D eigenvalue weighted by Gasteiger charge is -2.33. The zero-order chi connectivity index (χ0) is 11.4. The SMILES string of the molecule is CC(NCC1(O)CCSCC1)c1ccsc1. The Balaban J connectivity index is 1.82. The lowest BCUT2D eigenvalue weighted by Crippen LogP contribution is -2.44. The maximum atomic E-state index is 10.3. The van der Waals surface area contributed by atoms with Crippen molar-refractivity contribution in [3.63, 3.8) is 0 Å². The van der Waals surface area contributed by atoms with E-state index in [9.17, 15) is 5.11 Å². The molecule has 0 radical (unpaired) electrons. The van der Waals surface area contributed by atoms with Gasteiger partial charge in [0.15, 0.2) is 0 Å². The van der Waals surface area contributed by atoms with E-state index in [-0.39, 0.29) is 0 Å². The Morgan fingerprint density at radius 2 is 2.25 bits per heavy atom. The van der Waals surface area contributed by atoms with Gasteiger partial charge in [-0.2, -0.15) is 23.1 Å². The van der Waals surface area contributed by atoms with Gasteiger partial charge in [0.25, 0.3) is 0 Å². The molecule has 0 aromatic carbocycles. The molecule has 1 aliphatic heterocycles. The first-order valence-electron chi connectivity index (χ1n) is 5.75. The summed E-state index contributed by atoms with van der Waals surface area (Å²) in [6.07, 6.45) is 1.84. The molecule has 2 nitrogen and oxygen atoms in total. The first kappa shape index (κ1) is 12.4. The molecule has 2 heterocycles. The van der Waals surface area contributed by atoms with Crippen LogP contribution in [0.2, 0.25) is 0 Å². The van der Waals surface area contributed by atoms with Crippen molar-refractivity contribution in [2.24, 2.45) is 0 Å². The fourth-order valence-corrected chi connectivity index (χ4v) is 3.92. The van der Waals surface area contributed by atoms with E-state index in [1.807, 2.05) is 11.8 Å². The van der Waals surface area contributed by atoms with Crippen LogP contribution in [0.5, 0.6) is 0 Å². The topological polar surface area (TPSA) is 32.3 Å². The molecule has 1 aliphatic rings. The second-order valence-corrected chi connectivity index (χ2v) is 6.50. The Morgan fingerprint density at radius 1 is 1.50 bits per heavy atom. The van der Waals surface area contributed by atoms with Crippen molar-refractivity contribution in [2.75, 3.05) is 18.1 Å². The Hall–Kier alpha value is -0.0300. The summed E-state index contributed by atoms with van der Waals surface area (Å²) in [4.78, 5) is 0. The van der Waals surface area contributed by atoms with Crippen molar-refractivity contribution in [2.45, 2.75) is 31.4 Å². The van der Waals surface area contributed by atoms with Crippen molar-refractivity contribution in [1.29, 1.82) is 0 Å². The number of hydrogen-bond acceptors (Lipinski definition) is 4. The highest BCUT2D eigenvalue weighted by Crippen LogP contribution is 2.27. The van der Waals surface area contributed by atoms with Gasteiger partial charge in [-0.25, -0.2) is 0 Å². The molecular weight excluding hydrogens is 238 g/mol. The quantitative estimate of drug-likeness (QED) is 0.870. The second kappa shape index (κ2) is 5.54. The monoisotopic (exact) mass is 257 g/mol. The Kier molecular flexibility index (Phi) is 4.30. The first-order valence-corrected chi connectivity index (χ1v) is 7.85. The fraction of sp³-hybridized carbons (Fsp3) is 0.667. The van der Waals surface area contributed by atoms with Crippen molar-refractivity contribution in [3.8, 4) is 0 Å². The van der Waals surface area contributed by atoms with Gasteiger partial charge in [-0.3, -0.25) is 0 Å². The summed E-state index contributed by atoms with van der Waals surface area (Å²) in [5, 5.41) is 18.0. The summed E-state index contributed by atoms with van der Waals surface area (Å²) in [6.45, 7) is 2.87. The van der Waals surface area contributed by atoms with Crippen LogP contribution in [0.1, 0.15) is 31.4 Å². The molecule has 0 bridgehead atoms. The minimum absolute atomic E-state index is 0.338. The van der Waals surface area contributed by atoms with Crippen molar-refractivity contribution < 1.29 is 5.11 Å². The summed E-state index contributed by atoms with van der Waals surface area (Å²) in [7, 11) is 0. The Labute approximate surface area is 105 Å². The van der Waals surface area contributed by atoms with Crippen LogP contribution in [0.3, 0.4) is 0 Å². The normalized spacial score (nSPS) is 21.9. The molecule has 90 valence electrons. The summed E-state index contributed by atoms with van der Waals surface area (Å²) < 4.78 is 0. The van der Waals surface area contributed by atoms with Gasteiger partial charge in [0.1, 0.15) is 0 Å². The van der Waals surface area contributed by atoms with E-state index < -0.39 is 5.60 Å². The van der Waals surface area contributed by atoms with Crippen LogP contribution < -0.4 is 5.32 Å². The van der Waals surface area contributed by atoms with Crippen LogP contribution in [-0.4, -0.2) is 28.8 Å². The van der Waals surface area contributed by atoms with Gasteiger partial charge in [-0.1, -0.05) is 0 Å². The molecular formula is C12H19NOS2. The third kappa shape index (κ3) is 3.23. The Morgan fingerprint density at radius 3 is 2.88 bits per heavy atom. The smallest absolute Gasteiger partial charge is 0.0787 e. The predicted molar refractivity (Wildman–Crippen MR) is 72.2 cm³/mol. The summed E-state index contributed by atoms with van der Waals surface area (Å²) in [5.41, 5.74) is 0.842. The van der Waals surface area contributed by atoms with E-state index in [1.165, 1.54) is 5.56 Å². The third-order valence-corrected chi connectivity index (χ3v) is 4.89. The van der Waals surface area contributed by atoms with Crippen LogP contribution in [0, 0.1) is 0 Å². The molecule has 1 atom stereocenters. The van der Waals surface area contributed by atoms with E-state index in [0.717, 1.165) is 24.3 Å². The van der Waals surface area contributed by atoms with E-state index in [1.54, 1.807) is 11.3 Å². The highest BCUT2D eigenvalue weighted by Gasteiger charge is 2.29. The minimum atomic E-state index is -0.477. The van der Waals surface area contributed by atoms with Crippen molar-refractivity contribution in [3.05, 3.63) is 22.4 Å². The average molecular weight is 257 g/mol. The molecule has 1 aromatic rings. The van der Waals surface area contributed by atoms with Gasteiger partial charge >= 0.3 is 0 Å². The van der Waals surface area contributed by atoms with Crippen LogP contribution in [0.25, 0.3) is 0 Å². The molecule has 2 rings (SSSR count). The van der Waals surface area contributed by atoms with Crippen LogP contribution in [0.4, 0.5) is 0 Å².